The van der Waals surface area contributed by atoms with Crippen LogP contribution in [0.3, 0.4) is 0 Å². The molecule has 0 radical (unpaired) electrons. The molecule has 0 bridgehead atoms. The van der Waals surface area contributed by atoms with Crippen molar-refractivity contribution in [1.82, 2.24) is 9.97 Å². The van der Waals surface area contributed by atoms with Crippen LogP contribution in [0.2, 0.25) is 0 Å². The van der Waals surface area contributed by atoms with Gasteiger partial charge in [0.25, 0.3) is 0 Å². The zero-order chi connectivity index (χ0) is 14.5. The standard InChI is InChI=1S/C13H12N2O4S/c1-19-9-4-2-8(3-5-9)7-20-12-11(13(17)18)14-10(6-16)15-12/h2-6H,7H2,1H3,(H,14,15)(H,17,18). The lowest BCUT2D eigenvalue weighted by Gasteiger charge is -2.02. The summed E-state index contributed by atoms with van der Waals surface area (Å²) >= 11 is 1.26. The van der Waals surface area contributed by atoms with Crippen LogP contribution < -0.4 is 4.74 Å². The van der Waals surface area contributed by atoms with Gasteiger partial charge in [0.1, 0.15) is 10.8 Å². The second kappa shape index (κ2) is 6.25. The van der Waals surface area contributed by atoms with Crippen molar-refractivity contribution in [1.29, 1.82) is 0 Å². The van der Waals surface area contributed by atoms with Gasteiger partial charge in [0.05, 0.1) is 7.11 Å². The van der Waals surface area contributed by atoms with Crippen molar-refractivity contribution >= 4 is 24.0 Å². The maximum Gasteiger partial charge on any atom is 0.355 e. The first kappa shape index (κ1) is 14.1. The first-order valence-corrected chi connectivity index (χ1v) is 6.67. The highest BCUT2D eigenvalue weighted by Crippen LogP contribution is 2.25. The number of hydrogen-bond donors (Lipinski definition) is 2. The number of methoxy groups -OCH3 is 1. The molecule has 0 atom stereocenters. The SMILES string of the molecule is COc1ccc(CSc2nc(C=O)[nH]c2C(=O)O)cc1. The van der Waals surface area contributed by atoms with Crippen molar-refractivity contribution in [3.8, 4) is 5.75 Å². The topological polar surface area (TPSA) is 92.3 Å². The third-order valence-corrected chi connectivity index (χ3v) is 3.60. The summed E-state index contributed by atoms with van der Waals surface area (Å²) in [7, 11) is 1.59. The molecule has 0 aliphatic heterocycles. The van der Waals surface area contributed by atoms with E-state index in [0.717, 1.165) is 11.3 Å². The molecule has 6 nitrogen and oxygen atoms in total. The molecule has 0 aliphatic carbocycles. The van der Waals surface area contributed by atoms with E-state index in [0.29, 0.717) is 17.1 Å². The van der Waals surface area contributed by atoms with Crippen LogP contribution >= 0.6 is 11.8 Å². The van der Waals surface area contributed by atoms with Gasteiger partial charge in [0.2, 0.25) is 0 Å². The van der Waals surface area contributed by atoms with Crippen LogP contribution in [0.4, 0.5) is 0 Å². The van der Waals surface area contributed by atoms with Gasteiger partial charge in [0.15, 0.2) is 17.8 Å². The van der Waals surface area contributed by atoms with Crippen LogP contribution in [0, 0.1) is 0 Å². The Hall–Kier alpha value is -2.28. The summed E-state index contributed by atoms with van der Waals surface area (Å²) in [6.07, 6.45) is 0.490. The molecule has 0 amide bonds. The van der Waals surface area contributed by atoms with Gasteiger partial charge < -0.3 is 14.8 Å². The van der Waals surface area contributed by atoms with Crippen molar-refractivity contribution in [3.05, 3.63) is 41.3 Å². The third-order valence-electron chi connectivity index (χ3n) is 2.55. The number of nitrogens with zero attached hydrogens (tertiary/aromatic N) is 1. The highest BCUT2D eigenvalue weighted by Gasteiger charge is 2.16. The number of benzene rings is 1. The largest absolute Gasteiger partial charge is 0.497 e. The molecule has 104 valence electrons. The molecule has 2 N–H and O–H groups in total. The monoisotopic (exact) mass is 292 g/mol. The number of thioether (sulfide) groups is 1. The lowest BCUT2D eigenvalue weighted by molar-refractivity contribution is 0.0687. The normalized spacial score (nSPS) is 10.2. The Morgan fingerprint density at radius 1 is 1.45 bits per heavy atom. The fourth-order valence-corrected chi connectivity index (χ4v) is 2.49. The van der Waals surface area contributed by atoms with E-state index >= 15 is 0 Å². The minimum atomic E-state index is -1.14. The van der Waals surface area contributed by atoms with Crippen molar-refractivity contribution in [2.75, 3.05) is 7.11 Å². The van der Waals surface area contributed by atoms with Gasteiger partial charge in [-0.05, 0) is 17.7 Å². The molecule has 1 aromatic carbocycles. The van der Waals surface area contributed by atoms with Crippen molar-refractivity contribution < 1.29 is 19.4 Å². The Kier molecular flexibility index (Phi) is 4.41. The summed E-state index contributed by atoms with van der Waals surface area (Å²) in [5.74, 6) is 0.184. The van der Waals surface area contributed by atoms with Crippen LogP contribution in [0.1, 0.15) is 26.7 Å². The average Bonchev–Trinajstić information content (AvgIpc) is 2.89. The first-order chi connectivity index (χ1) is 9.63. The first-order valence-electron chi connectivity index (χ1n) is 5.68. The molecule has 7 heteroatoms. The van der Waals surface area contributed by atoms with E-state index in [1.807, 2.05) is 24.3 Å². The Balaban J connectivity index is 2.11. The third kappa shape index (κ3) is 3.18. The molecule has 0 unspecified atom stereocenters. The molecular formula is C13H12N2O4S. The minimum absolute atomic E-state index is 0.0135. The lowest BCUT2D eigenvalue weighted by atomic mass is 10.2. The second-order valence-corrected chi connectivity index (χ2v) is 4.83. The maximum absolute atomic E-state index is 11.0. The smallest absolute Gasteiger partial charge is 0.355 e. The van der Waals surface area contributed by atoms with Crippen LogP contribution in [0.5, 0.6) is 5.75 Å². The summed E-state index contributed by atoms with van der Waals surface area (Å²) in [5.41, 5.74) is 0.938. The number of carbonyl (C=O) groups excluding carboxylic acids is 1. The van der Waals surface area contributed by atoms with Gasteiger partial charge in [-0.2, -0.15) is 0 Å². The van der Waals surface area contributed by atoms with E-state index in [4.69, 9.17) is 9.84 Å². The number of aromatic carboxylic acids is 1. The highest BCUT2D eigenvalue weighted by molar-refractivity contribution is 7.98. The number of ether oxygens (including phenoxy) is 1. The van der Waals surface area contributed by atoms with Gasteiger partial charge in [-0.3, -0.25) is 4.79 Å². The fraction of sp³-hybridized carbons (Fsp3) is 0.154. The number of H-pyrrole nitrogens is 1. The summed E-state index contributed by atoms with van der Waals surface area (Å²) in [5, 5.41) is 9.32. The summed E-state index contributed by atoms with van der Waals surface area (Å²) in [6, 6.07) is 7.43. The van der Waals surface area contributed by atoms with E-state index in [2.05, 4.69) is 9.97 Å². The number of aromatic nitrogens is 2. The molecule has 2 aromatic rings. The number of aldehydes is 1. The fourth-order valence-electron chi connectivity index (χ4n) is 1.55. The van der Waals surface area contributed by atoms with Gasteiger partial charge in [0, 0.05) is 5.75 Å². The number of imidazole rings is 1. The second-order valence-electron chi connectivity index (χ2n) is 3.86. The molecule has 0 saturated heterocycles. The van der Waals surface area contributed by atoms with Gasteiger partial charge in [-0.1, -0.05) is 23.9 Å². The summed E-state index contributed by atoms with van der Waals surface area (Å²) in [4.78, 5) is 28.1. The Labute approximate surface area is 119 Å². The zero-order valence-electron chi connectivity index (χ0n) is 10.6. The Bertz CT molecular complexity index is 622. The average molecular weight is 292 g/mol. The van der Waals surface area contributed by atoms with Crippen LogP contribution in [-0.4, -0.2) is 34.4 Å². The number of carboxylic acids is 1. The van der Waals surface area contributed by atoms with E-state index in [-0.39, 0.29) is 11.5 Å². The summed E-state index contributed by atoms with van der Waals surface area (Å²) in [6.45, 7) is 0. The Morgan fingerprint density at radius 3 is 2.70 bits per heavy atom. The van der Waals surface area contributed by atoms with Gasteiger partial charge in [-0.15, -0.1) is 0 Å². The molecule has 0 spiro atoms. The van der Waals surface area contributed by atoms with Crippen molar-refractivity contribution in [2.45, 2.75) is 10.8 Å². The van der Waals surface area contributed by atoms with Crippen molar-refractivity contribution in [3.63, 3.8) is 0 Å². The molecule has 1 aromatic heterocycles. The molecule has 20 heavy (non-hydrogen) atoms. The van der Waals surface area contributed by atoms with E-state index < -0.39 is 5.97 Å². The van der Waals surface area contributed by atoms with Crippen LogP contribution in [-0.2, 0) is 5.75 Å². The molecule has 2 rings (SSSR count). The van der Waals surface area contributed by atoms with E-state index in [9.17, 15) is 9.59 Å². The number of aromatic amines is 1. The van der Waals surface area contributed by atoms with E-state index in [1.165, 1.54) is 11.8 Å². The predicted molar refractivity (Wildman–Crippen MR) is 73.5 cm³/mol. The molecular weight excluding hydrogens is 280 g/mol. The highest BCUT2D eigenvalue weighted by atomic mass is 32.2. The van der Waals surface area contributed by atoms with Crippen LogP contribution in [0.15, 0.2) is 29.3 Å². The minimum Gasteiger partial charge on any atom is -0.497 e. The Morgan fingerprint density at radius 2 is 2.15 bits per heavy atom. The predicted octanol–water partition coefficient (Wildman–Crippen LogP) is 2.22. The maximum atomic E-state index is 11.0. The van der Waals surface area contributed by atoms with Gasteiger partial charge in [-0.25, -0.2) is 9.78 Å². The number of nitrogens with one attached hydrogen (secondary N) is 1. The molecule has 1 heterocycles. The van der Waals surface area contributed by atoms with Crippen molar-refractivity contribution in [2.24, 2.45) is 0 Å². The number of rotatable bonds is 6. The number of carboxylic acid groups (broad SMARTS) is 1. The van der Waals surface area contributed by atoms with Gasteiger partial charge >= 0.3 is 5.97 Å². The summed E-state index contributed by atoms with van der Waals surface area (Å²) < 4.78 is 5.06. The molecule has 0 aliphatic rings. The van der Waals surface area contributed by atoms with Crippen LogP contribution in [0.25, 0.3) is 0 Å². The zero-order valence-corrected chi connectivity index (χ0v) is 11.4. The quantitative estimate of drug-likeness (QED) is 0.626. The molecule has 0 saturated carbocycles. The lowest BCUT2D eigenvalue weighted by Crippen LogP contribution is -1.98. The molecule has 0 fully saturated rings. The van der Waals surface area contributed by atoms with E-state index in [1.54, 1.807) is 7.11 Å². The number of carbonyl (C=O) groups is 2. The number of hydrogen-bond acceptors (Lipinski definition) is 5.